The average molecular weight is 272 g/mol. The number of nitrogens with one attached hydrogen (secondary N) is 1. The fourth-order valence-corrected chi connectivity index (χ4v) is 3.08. The molecule has 0 amide bonds. The van der Waals surface area contributed by atoms with Crippen LogP contribution in [0.25, 0.3) is 0 Å². The Balaban J connectivity index is 2.00. The summed E-state index contributed by atoms with van der Waals surface area (Å²) in [6, 6.07) is 5.00. The first-order valence-corrected chi connectivity index (χ1v) is 8.43. The quantitative estimate of drug-likeness (QED) is 0.696. The van der Waals surface area contributed by atoms with Crippen molar-refractivity contribution in [3.8, 4) is 0 Å². The number of likely N-dealkylation sites (N-methyl/N-ethyl adjacent to an activating group) is 1. The summed E-state index contributed by atoms with van der Waals surface area (Å²) in [7, 11) is 2.21. The summed E-state index contributed by atoms with van der Waals surface area (Å²) in [6.07, 6.45) is 3.32. The van der Waals surface area contributed by atoms with Crippen LogP contribution < -0.4 is 5.32 Å². The van der Waals surface area contributed by atoms with E-state index in [-0.39, 0.29) is 0 Å². The van der Waals surface area contributed by atoms with Crippen LogP contribution in [0.1, 0.15) is 11.8 Å². The van der Waals surface area contributed by atoms with Gasteiger partial charge in [-0.25, -0.2) is 0 Å². The molecule has 1 N–H and O–H groups in total. The van der Waals surface area contributed by atoms with E-state index in [0.29, 0.717) is 6.04 Å². The lowest BCUT2D eigenvalue weighted by Crippen LogP contribution is -2.37. The maximum absolute atomic E-state index is 3.51. The topological polar surface area (TPSA) is 15.3 Å². The minimum atomic E-state index is 0.670. The van der Waals surface area contributed by atoms with Crippen molar-refractivity contribution in [1.82, 2.24) is 10.2 Å². The molecule has 1 aromatic heterocycles. The van der Waals surface area contributed by atoms with Crippen LogP contribution in [0.4, 0.5) is 0 Å². The highest BCUT2D eigenvalue weighted by Gasteiger charge is 2.06. The van der Waals surface area contributed by atoms with Crippen molar-refractivity contribution >= 4 is 23.1 Å². The monoisotopic (exact) mass is 272 g/mol. The van der Waals surface area contributed by atoms with Crippen LogP contribution in [-0.4, -0.2) is 49.6 Å². The summed E-state index contributed by atoms with van der Waals surface area (Å²) < 4.78 is 0. The van der Waals surface area contributed by atoms with Gasteiger partial charge < -0.3 is 10.2 Å². The first kappa shape index (κ1) is 15.0. The number of hydrogen-bond donors (Lipinski definition) is 1. The molecule has 0 aliphatic heterocycles. The van der Waals surface area contributed by atoms with Gasteiger partial charge in [0, 0.05) is 36.3 Å². The van der Waals surface area contributed by atoms with E-state index in [9.17, 15) is 0 Å². The molecule has 1 aromatic rings. The smallest absolute Gasteiger partial charge is 0.0155 e. The van der Waals surface area contributed by atoms with Crippen LogP contribution in [-0.2, 0) is 6.42 Å². The lowest BCUT2D eigenvalue weighted by molar-refractivity contribution is 0.277. The van der Waals surface area contributed by atoms with E-state index in [1.807, 2.05) is 23.1 Å². The van der Waals surface area contributed by atoms with Crippen LogP contribution >= 0.6 is 23.1 Å². The molecule has 1 rings (SSSR count). The van der Waals surface area contributed by atoms with Gasteiger partial charge in [0.25, 0.3) is 0 Å². The largest absolute Gasteiger partial charge is 0.315 e. The second-order valence-corrected chi connectivity index (χ2v) is 6.31. The second-order valence-electron chi connectivity index (χ2n) is 4.36. The molecule has 0 aromatic carbocycles. The zero-order chi connectivity index (χ0) is 12.5. The van der Waals surface area contributed by atoms with Crippen LogP contribution in [0.3, 0.4) is 0 Å². The van der Waals surface area contributed by atoms with Crippen molar-refractivity contribution in [1.29, 1.82) is 0 Å². The SMILES string of the molecule is CSCC(C)N(C)CCNCCc1cccs1. The fraction of sp³-hybridized carbons (Fsp3) is 0.692. The van der Waals surface area contributed by atoms with Crippen LogP contribution in [0.2, 0.25) is 0 Å². The number of hydrogen-bond acceptors (Lipinski definition) is 4. The van der Waals surface area contributed by atoms with Crippen molar-refractivity contribution in [3.63, 3.8) is 0 Å². The zero-order valence-electron chi connectivity index (χ0n) is 11.1. The molecule has 1 atom stereocenters. The summed E-state index contributed by atoms with van der Waals surface area (Å²) in [5.74, 6) is 1.21. The fourth-order valence-electron chi connectivity index (χ4n) is 1.64. The van der Waals surface area contributed by atoms with Gasteiger partial charge in [-0.1, -0.05) is 6.07 Å². The van der Waals surface area contributed by atoms with Gasteiger partial charge in [-0.05, 0) is 38.1 Å². The Morgan fingerprint density at radius 2 is 2.29 bits per heavy atom. The van der Waals surface area contributed by atoms with E-state index >= 15 is 0 Å². The molecule has 2 nitrogen and oxygen atoms in total. The number of thiophene rings is 1. The molecule has 17 heavy (non-hydrogen) atoms. The standard InChI is InChI=1S/C13H24N2S2/c1-12(11-16-3)15(2)9-8-14-7-6-13-5-4-10-17-13/h4-5,10,12,14H,6-9,11H2,1-3H3. The van der Waals surface area contributed by atoms with Gasteiger partial charge in [0.2, 0.25) is 0 Å². The first-order chi connectivity index (χ1) is 8.24. The third-order valence-corrected chi connectivity index (χ3v) is 4.68. The lowest BCUT2D eigenvalue weighted by Gasteiger charge is -2.24. The molecule has 1 heterocycles. The van der Waals surface area contributed by atoms with Crippen molar-refractivity contribution in [2.75, 3.05) is 38.7 Å². The molecule has 0 fully saturated rings. The zero-order valence-corrected chi connectivity index (χ0v) is 12.7. The number of thioether (sulfide) groups is 1. The maximum atomic E-state index is 3.51. The Labute approximate surface area is 114 Å². The molecule has 0 saturated carbocycles. The minimum Gasteiger partial charge on any atom is -0.315 e. The molecule has 0 spiro atoms. The van der Waals surface area contributed by atoms with Crippen LogP contribution in [0.5, 0.6) is 0 Å². The van der Waals surface area contributed by atoms with Crippen molar-refractivity contribution in [2.45, 2.75) is 19.4 Å². The lowest BCUT2D eigenvalue weighted by atomic mass is 10.3. The molecule has 4 heteroatoms. The van der Waals surface area contributed by atoms with Gasteiger partial charge in [-0.3, -0.25) is 0 Å². The third-order valence-electron chi connectivity index (χ3n) is 2.93. The normalized spacial score (nSPS) is 13.2. The van der Waals surface area contributed by atoms with Gasteiger partial charge in [-0.15, -0.1) is 11.3 Å². The summed E-state index contributed by atoms with van der Waals surface area (Å²) >= 11 is 3.76. The molecule has 0 saturated heterocycles. The van der Waals surface area contributed by atoms with Crippen LogP contribution in [0.15, 0.2) is 17.5 Å². The van der Waals surface area contributed by atoms with Crippen molar-refractivity contribution in [2.24, 2.45) is 0 Å². The van der Waals surface area contributed by atoms with Gasteiger partial charge >= 0.3 is 0 Å². The highest BCUT2D eigenvalue weighted by atomic mass is 32.2. The number of nitrogens with zero attached hydrogens (tertiary/aromatic N) is 1. The Bertz CT molecular complexity index is 275. The predicted molar refractivity (Wildman–Crippen MR) is 81.4 cm³/mol. The second kappa shape index (κ2) is 8.97. The molecule has 0 bridgehead atoms. The van der Waals surface area contributed by atoms with Crippen molar-refractivity contribution < 1.29 is 0 Å². The summed E-state index contributed by atoms with van der Waals surface area (Å²) in [6.45, 7) is 5.60. The molecule has 1 unspecified atom stereocenters. The van der Waals surface area contributed by atoms with E-state index < -0.39 is 0 Å². The van der Waals surface area contributed by atoms with E-state index in [1.54, 1.807) is 0 Å². The van der Waals surface area contributed by atoms with E-state index in [0.717, 1.165) is 26.1 Å². The molecule has 0 aliphatic carbocycles. The summed E-state index contributed by atoms with van der Waals surface area (Å²) in [4.78, 5) is 3.90. The predicted octanol–water partition coefficient (Wildman–Crippen LogP) is 2.56. The highest BCUT2D eigenvalue weighted by Crippen LogP contribution is 2.08. The Morgan fingerprint density at radius 3 is 2.94 bits per heavy atom. The molecular formula is C13H24N2S2. The summed E-state index contributed by atoms with van der Waals surface area (Å²) in [5.41, 5.74) is 0. The third kappa shape index (κ3) is 6.46. The molecule has 98 valence electrons. The first-order valence-electron chi connectivity index (χ1n) is 6.16. The molecule has 0 radical (unpaired) electrons. The van der Waals surface area contributed by atoms with E-state index in [4.69, 9.17) is 0 Å². The maximum Gasteiger partial charge on any atom is 0.0155 e. The summed E-state index contributed by atoms with van der Waals surface area (Å²) in [5, 5.41) is 5.66. The van der Waals surface area contributed by atoms with Gasteiger partial charge in [-0.2, -0.15) is 11.8 Å². The van der Waals surface area contributed by atoms with E-state index in [2.05, 4.69) is 48.0 Å². The highest BCUT2D eigenvalue weighted by molar-refractivity contribution is 7.98. The van der Waals surface area contributed by atoms with Crippen molar-refractivity contribution in [3.05, 3.63) is 22.4 Å². The van der Waals surface area contributed by atoms with Crippen LogP contribution in [0, 0.1) is 0 Å². The number of rotatable bonds is 9. The van der Waals surface area contributed by atoms with E-state index in [1.165, 1.54) is 10.6 Å². The van der Waals surface area contributed by atoms with Gasteiger partial charge in [0.15, 0.2) is 0 Å². The Hall–Kier alpha value is -0.0300. The minimum absolute atomic E-state index is 0.670. The molecular weight excluding hydrogens is 248 g/mol. The Kier molecular flexibility index (Phi) is 7.93. The van der Waals surface area contributed by atoms with Gasteiger partial charge in [0.05, 0.1) is 0 Å². The van der Waals surface area contributed by atoms with Gasteiger partial charge in [0.1, 0.15) is 0 Å². The Morgan fingerprint density at radius 1 is 1.47 bits per heavy atom. The molecule has 0 aliphatic rings. The average Bonchev–Trinajstić information content (AvgIpc) is 2.81.